The van der Waals surface area contributed by atoms with Crippen molar-refractivity contribution in [3.63, 3.8) is 0 Å². The minimum Gasteiger partial charge on any atom is -0.497 e. The average Bonchev–Trinajstić information content (AvgIpc) is 2.44. The van der Waals surface area contributed by atoms with Gasteiger partial charge in [0.15, 0.2) is 0 Å². The number of urea groups is 1. The number of rotatable bonds is 5. The largest absolute Gasteiger partial charge is 0.497 e. The second-order valence-electron chi connectivity index (χ2n) is 3.87. The Morgan fingerprint density at radius 2 is 2.20 bits per heavy atom. The summed E-state index contributed by atoms with van der Waals surface area (Å²) in [6.45, 7) is 2.34. The van der Waals surface area contributed by atoms with E-state index >= 15 is 0 Å². The van der Waals surface area contributed by atoms with Crippen LogP contribution in [0.5, 0.6) is 5.75 Å². The Kier molecular flexibility index (Phi) is 5.42. The monoisotopic (exact) mass is 276 g/mol. The minimum atomic E-state index is -1.14. The molecule has 1 rings (SSSR count). The summed E-state index contributed by atoms with van der Waals surface area (Å²) in [5, 5.41) is 11.6. The Bertz CT molecular complexity index is 549. The number of amides is 2. The van der Waals surface area contributed by atoms with Crippen LogP contribution in [0.1, 0.15) is 17.3 Å². The highest BCUT2D eigenvalue weighted by Crippen LogP contribution is 2.23. The van der Waals surface area contributed by atoms with E-state index in [1.54, 1.807) is 6.92 Å². The first kappa shape index (κ1) is 15.4. The molecular formula is C14H16N2O4. The van der Waals surface area contributed by atoms with E-state index in [0.717, 1.165) is 0 Å². The van der Waals surface area contributed by atoms with Crippen LogP contribution in [0.4, 0.5) is 10.5 Å². The third-order valence-electron chi connectivity index (χ3n) is 2.65. The van der Waals surface area contributed by atoms with Gasteiger partial charge in [-0.2, -0.15) is 0 Å². The average molecular weight is 276 g/mol. The summed E-state index contributed by atoms with van der Waals surface area (Å²) in [5.74, 6) is 1.68. The van der Waals surface area contributed by atoms with Crippen molar-refractivity contribution in [2.45, 2.75) is 6.92 Å². The molecule has 2 amide bonds. The lowest BCUT2D eigenvalue weighted by atomic mass is 10.1. The molecule has 1 aromatic rings. The number of carbonyl (C=O) groups is 2. The van der Waals surface area contributed by atoms with Gasteiger partial charge in [0.2, 0.25) is 0 Å². The standard InChI is InChI=1S/C14H16N2O4/c1-4-8-16(5-2)14(19)15-12-9-10(20-3)6-7-11(12)13(17)18/h1,6-7,9H,5,8H2,2-3H3,(H,15,19)(H,17,18). The fourth-order valence-electron chi connectivity index (χ4n) is 1.57. The van der Waals surface area contributed by atoms with Crippen LogP contribution >= 0.6 is 0 Å². The summed E-state index contributed by atoms with van der Waals surface area (Å²) >= 11 is 0. The van der Waals surface area contributed by atoms with Gasteiger partial charge in [0.1, 0.15) is 5.75 Å². The van der Waals surface area contributed by atoms with Gasteiger partial charge in [0.05, 0.1) is 24.9 Å². The molecule has 0 aliphatic carbocycles. The summed E-state index contributed by atoms with van der Waals surface area (Å²) in [5.41, 5.74) is 0.147. The fraction of sp³-hybridized carbons (Fsp3) is 0.286. The Morgan fingerprint density at radius 1 is 1.50 bits per heavy atom. The molecule has 1 aromatic carbocycles. The number of hydrogen-bond donors (Lipinski definition) is 2. The van der Waals surface area contributed by atoms with Gasteiger partial charge in [-0.15, -0.1) is 6.42 Å². The van der Waals surface area contributed by atoms with Crippen molar-refractivity contribution in [3.05, 3.63) is 23.8 Å². The highest BCUT2D eigenvalue weighted by molar-refractivity contribution is 6.00. The van der Waals surface area contributed by atoms with Gasteiger partial charge >= 0.3 is 12.0 Å². The molecule has 0 atom stereocenters. The van der Waals surface area contributed by atoms with Crippen molar-refractivity contribution in [2.75, 3.05) is 25.5 Å². The quantitative estimate of drug-likeness (QED) is 0.805. The normalized spacial score (nSPS) is 9.45. The number of anilines is 1. The van der Waals surface area contributed by atoms with Gasteiger partial charge in [0.25, 0.3) is 0 Å². The number of carboxylic acid groups (broad SMARTS) is 1. The summed E-state index contributed by atoms with van der Waals surface area (Å²) in [6.07, 6.45) is 5.17. The summed E-state index contributed by atoms with van der Waals surface area (Å²) in [7, 11) is 1.46. The zero-order valence-electron chi connectivity index (χ0n) is 11.3. The fourth-order valence-corrected chi connectivity index (χ4v) is 1.57. The Morgan fingerprint density at radius 3 is 2.70 bits per heavy atom. The van der Waals surface area contributed by atoms with Crippen molar-refractivity contribution in [1.29, 1.82) is 0 Å². The van der Waals surface area contributed by atoms with Crippen molar-refractivity contribution < 1.29 is 19.4 Å². The lowest BCUT2D eigenvalue weighted by Gasteiger charge is -2.19. The molecule has 0 spiro atoms. The van der Waals surface area contributed by atoms with E-state index in [2.05, 4.69) is 11.2 Å². The molecule has 0 saturated heterocycles. The third-order valence-corrected chi connectivity index (χ3v) is 2.65. The first-order valence-corrected chi connectivity index (χ1v) is 5.94. The number of methoxy groups -OCH3 is 1. The summed E-state index contributed by atoms with van der Waals surface area (Å²) < 4.78 is 5.02. The number of nitrogens with zero attached hydrogens (tertiary/aromatic N) is 1. The predicted molar refractivity (Wildman–Crippen MR) is 75.1 cm³/mol. The molecule has 0 heterocycles. The zero-order valence-corrected chi connectivity index (χ0v) is 11.3. The zero-order chi connectivity index (χ0) is 15.1. The van der Waals surface area contributed by atoms with Gasteiger partial charge in [-0.1, -0.05) is 5.92 Å². The molecule has 6 heteroatoms. The number of aromatic carboxylic acids is 1. The van der Waals surface area contributed by atoms with Gasteiger partial charge in [-0.3, -0.25) is 0 Å². The highest BCUT2D eigenvalue weighted by Gasteiger charge is 2.16. The molecule has 0 aliphatic heterocycles. The molecule has 2 N–H and O–H groups in total. The Hall–Kier alpha value is -2.68. The lowest BCUT2D eigenvalue weighted by molar-refractivity contribution is 0.0698. The summed E-state index contributed by atoms with van der Waals surface area (Å²) in [6, 6.07) is 3.87. The molecule has 20 heavy (non-hydrogen) atoms. The van der Waals surface area contributed by atoms with Crippen molar-refractivity contribution in [2.24, 2.45) is 0 Å². The molecular weight excluding hydrogens is 260 g/mol. The SMILES string of the molecule is C#CCN(CC)C(=O)Nc1cc(OC)ccc1C(=O)O. The van der Waals surface area contributed by atoms with Crippen molar-refractivity contribution in [3.8, 4) is 18.1 Å². The van der Waals surface area contributed by atoms with Gasteiger partial charge < -0.3 is 20.1 Å². The van der Waals surface area contributed by atoms with Gasteiger partial charge in [-0.25, -0.2) is 9.59 Å². The van der Waals surface area contributed by atoms with E-state index in [-0.39, 0.29) is 17.8 Å². The maximum absolute atomic E-state index is 12.0. The Labute approximate surface area is 117 Å². The van der Waals surface area contributed by atoms with Crippen LogP contribution in [0.3, 0.4) is 0 Å². The van der Waals surface area contributed by atoms with Crippen LogP contribution < -0.4 is 10.1 Å². The number of benzene rings is 1. The van der Waals surface area contributed by atoms with Crippen LogP contribution in [0, 0.1) is 12.3 Å². The van der Waals surface area contributed by atoms with Crippen LogP contribution in [0.25, 0.3) is 0 Å². The molecule has 6 nitrogen and oxygen atoms in total. The predicted octanol–water partition coefficient (Wildman–Crippen LogP) is 1.88. The van der Waals surface area contributed by atoms with Crippen LogP contribution in [0.15, 0.2) is 18.2 Å². The van der Waals surface area contributed by atoms with Gasteiger partial charge in [0, 0.05) is 12.6 Å². The maximum atomic E-state index is 12.0. The minimum absolute atomic E-state index is 0.0177. The van der Waals surface area contributed by atoms with Crippen molar-refractivity contribution >= 4 is 17.7 Å². The molecule has 0 radical (unpaired) electrons. The number of ether oxygens (including phenoxy) is 1. The van der Waals surface area contributed by atoms with E-state index < -0.39 is 12.0 Å². The number of carbonyl (C=O) groups excluding carboxylic acids is 1. The van der Waals surface area contributed by atoms with E-state index in [1.165, 1.54) is 30.2 Å². The van der Waals surface area contributed by atoms with Crippen molar-refractivity contribution in [1.82, 2.24) is 4.90 Å². The Balaban J connectivity index is 3.03. The molecule has 0 bridgehead atoms. The maximum Gasteiger partial charge on any atom is 0.337 e. The second kappa shape index (κ2) is 7.04. The highest BCUT2D eigenvalue weighted by atomic mass is 16.5. The van der Waals surface area contributed by atoms with Crippen LogP contribution in [-0.4, -0.2) is 42.2 Å². The molecule has 0 unspecified atom stereocenters. The summed E-state index contributed by atoms with van der Waals surface area (Å²) in [4.78, 5) is 24.5. The third kappa shape index (κ3) is 3.65. The molecule has 0 aliphatic rings. The first-order chi connectivity index (χ1) is 9.53. The van der Waals surface area contributed by atoms with Crippen LogP contribution in [-0.2, 0) is 0 Å². The van der Waals surface area contributed by atoms with Gasteiger partial charge in [-0.05, 0) is 19.1 Å². The second-order valence-corrected chi connectivity index (χ2v) is 3.87. The van der Waals surface area contributed by atoms with E-state index in [1.807, 2.05) is 0 Å². The van der Waals surface area contributed by atoms with E-state index in [4.69, 9.17) is 16.3 Å². The molecule has 106 valence electrons. The topological polar surface area (TPSA) is 78.9 Å². The smallest absolute Gasteiger partial charge is 0.337 e. The lowest BCUT2D eigenvalue weighted by Crippen LogP contribution is -2.35. The molecule has 0 fully saturated rings. The number of terminal acetylenes is 1. The number of carboxylic acids is 1. The molecule has 0 aromatic heterocycles. The first-order valence-electron chi connectivity index (χ1n) is 5.94. The van der Waals surface area contributed by atoms with E-state index in [0.29, 0.717) is 12.3 Å². The van der Waals surface area contributed by atoms with E-state index in [9.17, 15) is 9.59 Å². The number of nitrogens with one attached hydrogen (secondary N) is 1. The molecule has 0 saturated carbocycles. The number of hydrogen-bond acceptors (Lipinski definition) is 3. The van der Waals surface area contributed by atoms with Crippen LogP contribution in [0.2, 0.25) is 0 Å².